The maximum absolute atomic E-state index is 12.4. The Balaban J connectivity index is 1.59. The second kappa shape index (κ2) is 9.29. The van der Waals surface area contributed by atoms with Crippen molar-refractivity contribution in [3.8, 4) is 0 Å². The van der Waals surface area contributed by atoms with Crippen LogP contribution in [0, 0.1) is 10.1 Å². The van der Waals surface area contributed by atoms with E-state index >= 15 is 0 Å². The Kier molecular flexibility index (Phi) is 6.55. The van der Waals surface area contributed by atoms with Crippen LogP contribution in [0.1, 0.15) is 15.9 Å². The van der Waals surface area contributed by atoms with Gasteiger partial charge >= 0.3 is 0 Å². The lowest BCUT2D eigenvalue weighted by molar-refractivity contribution is -0.384. The van der Waals surface area contributed by atoms with E-state index in [4.69, 9.17) is 0 Å². The van der Waals surface area contributed by atoms with E-state index in [-0.39, 0.29) is 22.7 Å². The third kappa shape index (κ3) is 5.49. The second-order valence-electron chi connectivity index (χ2n) is 6.42. The summed E-state index contributed by atoms with van der Waals surface area (Å²) >= 11 is 0. The standard InChI is InChI=1S/C21H19N3O5S/c25-21(17-6-10-19(11-7-17)24(26)27)23-18-8-12-20(13-9-18)30(28,29)22-15-14-16-4-2-1-3-5-16/h1-13,22H,14-15H2,(H,23,25). The molecule has 1 amide bonds. The Morgan fingerprint density at radius 2 is 1.53 bits per heavy atom. The summed E-state index contributed by atoms with van der Waals surface area (Å²) in [6, 6.07) is 20.5. The number of amides is 1. The van der Waals surface area contributed by atoms with Crippen LogP contribution in [0.2, 0.25) is 0 Å². The van der Waals surface area contributed by atoms with Gasteiger partial charge in [-0.1, -0.05) is 30.3 Å². The van der Waals surface area contributed by atoms with Crippen LogP contribution in [-0.2, 0) is 16.4 Å². The summed E-state index contributed by atoms with van der Waals surface area (Å²) < 4.78 is 27.4. The van der Waals surface area contributed by atoms with Crippen LogP contribution >= 0.6 is 0 Å². The number of nitrogens with one attached hydrogen (secondary N) is 2. The van der Waals surface area contributed by atoms with Crippen molar-refractivity contribution in [1.82, 2.24) is 4.72 Å². The summed E-state index contributed by atoms with van der Waals surface area (Å²) in [7, 11) is -3.67. The summed E-state index contributed by atoms with van der Waals surface area (Å²) in [6.45, 7) is 0.269. The second-order valence-corrected chi connectivity index (χ2v) is 8.18. The molecule has 0 bridgehead atoms. The molecule has 0 atom stereocenters. The molecule has 0 aliphatic rings. The lowest BCUT2D eigenvalue weighted by Gasteiger charge is -2.09. The highest BCUT2D eigenvalue weighted by molar-refractivity contribution is 7.89. The van der Waals surface area contributed by atoms with Crippen molar-refractivity contribution in [3.63, 3.8) is 0 Å². The molecule has 8 nitrogen and oxygen atoms in total. The molecule has 0 radical (unpaired) electrons. The minimum Gasteiger partial charge on any atom is -0.322 e. The molecule has 0 unspecified atom stereocenters. The average Bonchev–Trinajstić information content (AvgIpc) is 2.75. The summed E-state index contributed by atoms with van der Waals surface area (Å²) in [5.74, 6) is -0.457. The van der Waals surface area contributed by atoms with Gasteiger partial charge in [-0.15, -0.1) is 0 Å². The number of carbonyl (C=O) groups excluding carboxylic acids is 1. The third-order valence-electron chi connectivity index (χ3n) is 4.31. The molecule has 0 spiro atoms. The van der Waals surface area contributed by atoms with Crippen molar-refractivity contribution in [3.05, 3.63) is 100 Å². The fraction of sp³-hybridized carbons (Fsp3) is 0.0952. The van der Waals surface area contributed by atoms with Gasteiger partial charge in [-0.05, 0) is 48.4 Å². The lowest BCUT2D eigenvalue weighted by Crippen LogP contribution is -2.26. The van der Waals surface area contributed by atoms with E-state index in [0.717, 1.165) is 5.56 Å². The molecular weight excluding hydrogens is 406 g/mol. The average molecular weight is 425 g/mol. The lowest BCUT2D eigenvalue weighted by atomic mass is 10.2. The van der Waals surface area contributed by atoms with Gasteiger partial charge < -0.3 is 5.32 Å². The monoisotopic (exact) mass is 425 g/mol. The molecule has 0 aliphatic carbocycles. The Hall–Kier alpha value is -3.56. The van der Waals surface area contributed by atoms with Crippen LogP contribution in [0.3, 0.4) is 0 Å². The zero-order valence-electron chi connectivity index (χ0n) is 15.8. The molecule has 3 rings (SSSR count). The molecule has 0 aliphatic heterocycles. The first-order valence-corrected chi connectivity index (χ1v) is 10.5. The van der Waals surface area contributed by atoms with Gasteiger partial charge in [-0.2, -0.15) is 0 Å². The minimum atomic E-state index is -3.67. The van der Waals surface area contributed by atoms with Crippen LogP contribution in [0.5, 0.6) is 0 Å². The molecule has 3 aromatic rings. The number of nitro benzene ring substituents is 1. The SMILES string of the molecule is O=C(Nc1ccc(S(=O)(=O)NCCc2ccccc2)cc1)c1ccc([N+](=O)[O-])cc1. The number of sulfonamides is 1. The van der Waals surface area contributed by atoms with Crippen LogP contribution < -0.4 is 10.0 Å². The molecule has 9 heteroatoms. The van der Waals surface area contributed by atoms with Gasteiger partial charge in [0.05, 0.1) is 9.82 Å². The van der Waals surface area contributed by atoms with Crippen LogP contribution in [0.4, 0.5) is 11.4 Å². The first-order valence-electron chi connectivity index (χ1n) is 9.04. The van der Waals surface area contributed by atoms with E-state index in [9.17, 15) is 23.3 Å². The normalized spacial score (nSPS) is 11.1. The Bertz CT molecular complexity index is 1130. The summed E-state index contributed by atoms with van der Waals surface area (Å²) in [5.41, 5.74) is 1.58. The van der Waals surface area contributed by atoms with Crippen molar-refractivity contribution in [2.75, 3.05) is 11.9 Å². The number of benzene rings is 3. The predicted molar refractivity (Wildman–Crippen MR) is 113 cm³/mol. The number of nitro groups is 1. The molecule has 0 saturated heterocycles. The number of anilines is 1. The van der Waals surface area contributed by atoms with E-state index < -0.39 is 20.9 Å². The van der Waals surface area contributed by atoms with Gasteiger partial charge in [0.15, 0.2) is 0 Å². The molecule has 30 heavy (non-hydrogen) atoms. The molecule has 3 aromatic carbocycles. The highest BCUT2D eigenvalue weighted by atomic mass is 32.2. The number of carbonyl (C=O) groups is 1. The maximum Gasteiger partial charge on any atom is 0.269 e. The Labute approximate surface area is 173 Å². The predicted octanol–water partition coefficient (Wildman–Crippen LogP) is 3.37. The largest absolute Gasteiger partial charge is 0.322 e. The van der Waals surface area contributed by atoms with E-state index in [1.807, 2.05) is 30.3 Å². The van der Waals surface area contributed by atoms with Gasteiger partial charge in [-0.3, -0.25) is 14.9 Å². The molecule has 0 saturated carbocycles. The molecule has 0 fully saturated rings. The van der Waals surface area contributed by atoms with E-state index in [2.05, 4.69) is 10.0 Å². The number of hydrogen-bond acceptors (Lipinski definition) is 5. The topological polar surface area (TPSA) is 118 Å². The Morgan fingerprint density at radius 3 is 2.13 bits per heavy atom. The number of nitrogens with zero attached hydrogens (tertiary/aromatic N) is 1. The molecule has 0 heterocycles. The number of hydrogen-bond donors (Lipinski definition) is 2. The van der Waals surface area contributed by atoms with Gasteiger partial charge in [-0.25, -0.2) is 13.1 Å². The fourth-order valence-electron chi connectivity index (χ4n) is 2.71. The quantitative estimate of drug-likeness (QED) is 0.424. The van der Waals surface area contributed by atoms with Crippen molar-refractivity contribution < 1.29 is 18.1 Å². The van der Waals surface area contributed by atoms with Gasteiger partial charge in [0, 0.05) is 29.9 Å². The van der Waals surface area contributed by atoms with Crippen molar-refractivity contribution in [1.29, 1.82) is 0 Å². The molecule has 154 valence electrons. The molecule has 2 N–H and O–H groups in total. The van der Waals surface area contributed by atoms with Gasteiger partial charge in [0.2, 0.25) is 10.0 Å². The van der Waals surface area contributed by atoms with Crippen LogP contribution in [0.15, 0.2) is 83.8 Å². The smallest absolute Gasteiger partial charge is 0.269 e. The zero-order valence-corrected chi connectivity index (χ0v) is 16.6. The number of non-ortho nitro benzene ring substituents is 1. The highest BCUT2D eigenvalue weighted by Crippen LogP contribution is 2.17. The molecule has 0 aromatic heterocycles. The third-order valence-corrected chi connectivity index (χ3v) is 5.79. The zero-order chi connectivity index (χ0) is 21.6. The van der Waals surface area contributed by atoms with E-state index in [1.54, 1.807) is 0 Å². The van der Waals surface area contributed by atoms with Crippen molar-refractivity contribution in [2.45, 2.75) is 11.3 Å². The van der Waals surface area contributed by atoms with Gasteiger partial charge in [0.25, 0.3) is 11.6 Å². The van der Waals surface area contributed by atoms with Crippen LogP contribution in [-0.4, -0.2) is 25.8 Å². The molecular formula is C21H19N3O5S. The summed E-state index contributed by atoms with van der Waals surface area (Å²) in [4.78, 5) is 22.5. The fourth-order valence-corrected chi connectivity index (χ4v) is 3.74. The minimum absolute atomic E-state index is 0.0869. The summed E-state index contributed by atoms with van der Waals surface area (Å²) in [5, 5.41) is 13.3. The van der Waals surface area contributed by atoms with E-state index in [1.165, 1.54) is 48.5 Å². The first kappa shape index (κ1) is 21.2. The van der Waals surface area contributed by atoms with Gasteiger partial charge in [0.1, 0.15) is 0 Å². The summed E-state index contributed by atoms with van der Waals surface area (Å²) in [6.07, 6.45) is 0.573. The Morgan fingerprint density at radius 1 is 0.900 bits per heavy atom. The van der Waals surface area contributed by atoms with E-state index in [0.29, 0.717) is 12.1 Å². The van der Waals surface area contributed by atoms with Crippen molar-refractivity contribution >= 4 is 27.3 Å². The van der Waals surface area contributed by atoms with Crippen molar-refractivity contribution in [2.24, 2.45) is 0 Å². The maximum atomic E-state index is 12.4. The first-order chi connectivity index (χ1) is 14.3. The number of rotatable bonds is 8. The van der Waals surface area contributed by atoms with Crippen LogP contribution in [0.25, 0.3) is 0 Å². The highest BCUT2D eigenvalue weighted by Gasteiger charge is 2.14.